The van der Waals surface area contributed by atoms with Crippen LogP contribution in [0.1, 0.15) is 38.2 Å². The normalized spacial score (nSPS) is 27.7. The van der Waals surface area contributed by atoms with Gasteiger partial charge in [-0.25, -0.2) is 0 Å². The van der Waals surface area contributed by atoms with Gasteiger partial charge in [-0.2, -0.15) is 0 Å². The molecule has 1 aromatic heterocycles. The van der Waals surface area contributed by atoms with Gasteiger partial charge in [-0.05, 0) is 55.8 Å². The number of aliphatic hydroxyl groups excluding tert-OH is 1. The van der Waals surface area contributed by atoms with Crippen molar-refractivity contribution in [2.24, 2.45) is 11.8 Å². The van der Waals surface area contributed by atoms with Crippen LogP contribution < -0.4 is 0 Å². The molecule has 1 aromatic rings. The molecular weight excluding hydrogens is 236 g/mol. The van der Waals surface area contributed by atoms with Crippen molar-refractivity contribution in [2.45, 2.75) is 45.3 Å². The molecule has 3 heteroatoms. The van der Waals surface area contributed by atoms with Crippen molar-refractivity contribution in [2.75, 3.05) is 13.6 Å². The van der Waals surface area contributed by atoms with Gasteiger partial charge in [0.1, 0.15) is 0 Å². The Bertz CT molecular complexity index is 368. The van der Waals surface area contributed by atoms with Gasteiger partial charge in [0.15, 0.2) is 0 Å². The lowest BCUT2D eigenvalue weighted by molar-refractivity contribution is 0.0298. The molecule has 0 radical (unpaired) electrons. The zero-order valence-electron chi connectivity index (χ0n) is 12.1. The van der Waals surface area contributed by atoms with Crippen molar-refractivity contribution in [1.82, 2.24) is 9.88 Å². The maximum absolute atomic E-state index is 10.2. The quantitative estimate of drug-likeness (QED) is 0.886. The fourth-order valence-electron chi connectivity index (χ4n) is 3.18. The Hall–Kier alpha value is -0.930. The fraction of sp³-hybridized carbons (Fsp3) is 0.688. The van der Waals surface area contributed by atoms with Crippen LogP contribution in [0.5, 0.6) is 0 Å². The van der Waals surface area contributed by atoms with Crippen molar-refractivity contribution in [3.05, 3.63) is 30.1 Å². The highest BCUT2D eigenvalue weighted by molar-refractivity contribution is 5.09. The first-order chi connectivity index (χ1) is 9.19. The van der Waals surface area contributed by atoms with Crippen LogP contribution in [0.25, 0.3) is 0 Å². The van der Waals surface area contributed by atoms with E-state index in [1.807, 2.05) is 12.4 Å². The van der Waals surface area contributed by atoms with Crippen molar-refractivity contribution in [3.63, 3.8) is 0 Å². The molecule has 3 nitrogen and oxygen atoms in total. The second-order valence-corrected chi connectivity index (χ2v) is 5.97. The molecule has 0 aliphatic heterocycles. The molecule has 1 aliphatic carbocycles. The van der Waals surface area contributed by atoms with Gasteiger partial charge in [-0.15, -0.1) is 0 Å². The summed E-state index contributed by atoms with van der Waals surface area (Å²) in [7, 11) is 2.14. The molecule has 0 saturated heterocycles. The number of rotatable bonds is 5. The van der Waals surface area contributed by atoms with Gasteiger partial charge in [0, 0.05) is 25.5 Å². The average Bonchev–Trinajstić information content (AvgIpc) is 2.42. The molecule has 1 N–H and O–H groups in total. The van der Waals surface area contributed by atoms with E-state index < -0.39 is 0 Å². The molecule has 0 aromatic carbocycles. The molecular formula is C16H26N2O. The number of hydrogen-bond donors (Lipinski definition) is 1. The number of pyridine rings is 1. The minimum absolute atomic E-state index is 0.109. The minimum Gasteiger partial charge on any atom is -0.393 e. The predicted octanol–water partition coefficient (Wildman–Crippen LogP) is 2.70. The monoisotopic (exact) mass is 262 g/mol. The number of aliphatic hydroxyl groups is 1. The van der Waals surface area contributed by atoms with Gasteiger partial charge in [0.2, 0.25) is 0 Å². The molecule has 0 bridgehead atoms. The van der Waals surface area contributed by atoms with E-state index >= 15 is 0 Å². The molecule has 0 amide bonds. The average molecular weight is 262 g/mol. The number of hydrogen-bond acceptors (Lipinski definition) is 3. The van der Waals surface area contributed by atoms with Crippen LogP contribution in [0.15, 0.2) is 24.5 Å². The summed E-state index contributed by atoms with van der Waals surface area (Å²) < 4.78 is 0. The Kier molecular flexibility index (Phi) is 5.34. The van der Waals surface area contributed by atoms with Crippen molar-refractivity contribution in [1.29, 1.82) is 0 Å². The van der Waals surface area contributed by atoms with E-state index in [1.165, 1.54) is 24.8 Å². The summed E-state index contributed by atoms with van der Waals surface area (Å²) in [5, 5.41) is 10.2. The van der Waals surface area contributed by atoms with Gasteiger partial charge < -0.3 is 10.0 Å². The summed E-state index contributed by atoms with van der Waals surface area (Å²) in [5.74, 6) is 1.24. The number of nitrogens with zero attached hydrogens (tertiary/aromatic N) is 2. The molecule has 3 atom stereocenters. The SMILES string of the molecule is CCC1CCC(O)C(CN(C)Cc2ccncc2)C1. The third-order valence-electron chi connectivity index (χ3n) is 4.38. The standard InChI is InChI=1S/C16H26N2O/c1-3-13-4-5-16(19)15(10-13)12-18(2)11-14-6-8-17-9-7-14/h6-9,13,15-16,19H,3-5,10-12H2,1-2H3. The van der Waals surface area contributed by atoms with Crippen LogP contribution in [0.4, 0.5) is 0 Å². The second kappa shape index (κ2) is 7.01. The molecule has 1 fully saturated rings. The van der Waals surface area contributed by atoms with Gasteiger partial charge in [0.25, 0.3) is 0 Å². The summed E-state index contributed by atoms with van der Waals surface area (Å²) in [6.07, 6.45) is 8.17. The van der Waals surface area contributed by atoms with Crippen molar-refractivity contribution >= 4 is 0 Å². The maximum Gasteiger partial charge on any atom is 0.0580 e. The van der Waals surface area contributed by atoms with E-state index in [2.05, 4.69) is 36.0 Å². The molecule has 1 heterocycles. The van der Waals surface area contributed by atoms with Crippen LogP contribution in [0.3, 0.4) is 0 Å². The zero-order chi connectivity index (χ0) is 13.7. The molecule has 0 spiro atoms. The van der Waals surface area contributed by atoms with Crippen LogP contribution in [-0.4, -0.2) is 34.7 Å². The van der Waals surface area contributed by atoms with E-state index in [0.717, 1.165) is 25.4 Å². The van der Waals surface area contributed by atoms with Crippen molar-refractivity contribution < 1.29 is 5.11 Å². The first kappa shape index (κ1) is 14.5. The topological polar surface area (TPSA) is 36.4 Å². The molecule has 2 rings (SSSR count). The van der Waals surface area contributed by atoms with E-state index in [4.69, 9.17) is 0 Å². The van der Waals surface area contributed by atoms with E-state index in [-0.39, 0.29) is 6.10 Å². The summed E-state index contributed by atoms with van der Waals surface area (Å²) in [5.41, 5.74) is 1.29. The van der Waals surface area contributed by atoms with Gasteiger partial charge in [0.05, 0.1) is 6.10 Å². The summed E-state index contributed by atoms with van der Waals surface area (Å²) in [6, 6.07) is 4.12. The first-order valence-corrected chi connectivity index (χ1v) is 7.44. The van der Waals surface area contributed by atoms with Crippen LogP contribution >= 0.6 is 0 Å². The van der Waals surface area contributed by atoms with Crippen LogP contribution in [0, 0.1) is 11.8 Å². The smallest absolute Gasteiger partial charge is 0.0580 e. The third-order valence-corrected chi connectivity index (χ3v) is 4.38. The Balaban J connectivity index is 1.85. The lowest BCUT2D eigenvalue weighted by Crippen LogP contribution is -2.37. The lowest BCUT2D eigenvalue weighted by Gasteiger charge is -2.35. The highest BCUT2D eigenvalue weighted by Crippen LogP contribution is 2.31. The molecule has 1 aliphatic rings. The second-order valence-electron chi connectivity index (χ2n) is 5.97. The van der Waals surface area contributed by atoms with Gasteiger partial charge in [-0.1, -0.05) is 13.3 Å². The number of aromatic nitrogens is 1. The van der Waals surface area contributed by atoms with Crippen molar-refractivity contribution in [3.8, 4) is 0 Å². The highest BCUT2D eigenvalue weighted by atomic mass is 16.3. The van der Waals surface area contributed by atoms with Crippen LogP contribution in [0.2, 0.25) is 0 Å². The summed E-state index contributed by atoms with van der Waals surface area (Å²) in [6.45, 7) is 4.18. The Morgan fingerprint density at radius 3 is 2.74 bits per heavy atom. The summed E-state index contributed by atoms with van der Waals surface area (Å²) in [4.78, 5) is 6.36. The van der Waals surface area contributed by atoms with Crippen LogP contribution in [-0.2, 0) is 6.54 Å². The summed E-state index contributed by atoms with van der Waals surface area (Å²) >= 11 is 0. The Morgan fingerprint density at radius 1 is 1.32 bits per heavy atom. The maximum atomic E-state index is 10.2. The first-order valence-electron chi connectivity index (χ1n) is 7.44. The van der Waals surface area contributed by atoms with E-state index in [9.17, 15) is 5.11 Å². The molecule has 3 unspecified atom stereocenters. The largest absolute Gasteiger partial charge is 0.393 e. The Labute approximate surface area is 116 Å². The van der Waals surface area contributed by atoms with E-state index in [0.29, 0.717) is 5.92 Å². The molecule has 19 heavy (non-hydrogen) atoms. The fourth-order valence-corrected chi connectivity index (χ4v) is 3.18. The van der Waals surface area contributed by atoms with Gasteiger partial charge >= 0.3 is 0 Å². The van der Waals surface area contributed by atoms with Gasteiger partial charge in [-0.3, -0.25) is 4.98 Å². The minimum atomic E-state index is -0.109. The van der Waals surface area contributed by atoms with E-state index in [1.54, 1.807) is 0 Å². The highest BCUT2D eigenvalue weighted by Gasteiger charge is 2.28. The predicted molar refractivity (Wildman–Crippen MR) is 77.7 cm³/mol. The molecule has 106 valence electrons. The Morgan fingerprint density at radius 2 is 2.05 bits per heavy atom. The zero-order valence-corrected chi connectivity index (χ0v) is 12.1. The lowest BCUT2D eigenvalue weighted by atomic mass is 9.78. The molecule has 1 saturated carbocycles. The third kappa shape index (κ3) is 4.29.